The van der Waals surface area contributed by atoms with Crippen LogP contribution in [0.25, 0.3) is 5.69 Å². The number of para-hydroxylation sites is 1. The Balaban J connectivity index is 2.22. The fraction of sp³-hybridized carbons (Fsp3) is 0.412. The summed E-state index contributed by atoms with van der Waals surface area (Å²) in [5.41, 5.74) is 11.8. The first-order valence-electron chi connectivity index (χ1n) is 7.11. The summed E-state index contributed by atoms with van der Waals surface area (Å²) in [7, 11) is 0. The number of benzene rings is 1. The van der Waals surface area contributed by atoms with Crippen LogP contribution in [-0.4, -0.2) is 4.57 Å². The van der Waals surface area contributed by atoms with E-state index < -0.39 is 0 Å². The van der Waals surface area contributed by atoms with E-state index in [4.69, 9.17) is 5.73 Å². The van der Waals surface area contributed by atoms with Crippen molar-refractivity contribution in [1.82, 2.24) is 4.57 Å². The van der Waals surface area contributed by atoms with Crippen molar-refractivity contribution >= 4 is 15.9 Å². The molecule has 20 heavy (non-hydrogen) atoms. The SMILES string of the molecule is Cc1cc2c(n1-c1ccccc1Br)CC(C)(C)CC2N. The lowest BCUT2D eigenvalue weighted by Crippen LogP contribution is -2.30. The van der Waals surface area contributed by atoms with Gasteiger partial charge in [-0.15, -0.1) is 0 Å². The van der Waals surface area contributed by atoms with E-state index in [2.05, 4.69) is 71.6 Å². The number of aromatic nitrogens is 1. The number of rotatable bonds is 1. The lowest BCUT2D eigenvalue weighted by molar-refractivity contribution is 0.278. The quantitative estimate of drug-likeness (QED) is 0.817. The minimum atomic E-state index is 0.149. The molecule has 106 valence electrons. The third-order valence-electron chi connectivity index (χ3n) is 4.23. The molecule has 0 radical (unpaired) electrons. The molecule has 2 aromatic rings. The minimum absolute atomic E-state index is 0.149. The van der Waals surface area contributed by atoms with Gasteiger partial charge in [0.1, 0.15) is 0 Å². The van der Waals surface area contributed by atoms with Crippen LogP contribution in [0, 0.1) is 12.3 Å². The molecule has 1 heterocycles. The van der Waals surface area contributed by atoms with E-state index in [-0.39, 0.29) is 11.5 Å². The van der Waals surface area contributed by atoms with Crippen molar-refractivity contribution in [2.75, 3.05) is 0 Å². The summed E-state index contributed by atoms with van der Waals surface area (Å²) < 4.78 is 3.48. The molecule has 0 fully saturated rings. The van der Waals surface area contributed by atoms with Crippen LogP contribution in [0.15, 0.2) is 34.8 Å². The molecule has 3 rings (SSSR count). The maximum absolute atomic E-state index is 6.40. The van der Waals surface area contributed by atoms with Gasteiger partial charge in [0, 0.05) is 21.9 Å². The molecule has 3 heteroatoms. The van der Waals surface area contributed by atoms with Gasteiger partial charge in [0.25, 0.3) is 0 Å². The summed E-state index contributed by atoms with van der Waals surface area (Å²) in [5.74, 6) is 0. The standard InChI is InChI=1S/C17H21BrN2/c1-11-8-12-14(19)9-17(2,3)10-16(12)20(11)15-7-5-4-6-13(15)18/h4-8,14H,9-10,19H2,1-3H3. The molecule has 0 aliphatic heterocycles. The monoisotopic (exact) mass is 332 g/mol. The van der Waals surface area contributed by atoms with Crippen molar-refractivity contribution in [1.29, 1.82) is 0 Å². The topological polar surface area (TPSA) is 30.9 Å². The number of halogens is 1. The van der Waals surface area contributed by atoms with Gasteiger partial charge in [0.2, 0.25) is 0 Å². The number of hydrogen-bond acceptors (Lipinski definition) is 1. The van der Waals surface area contributed by atoms with Gasteiger partial charge in [-0.2, -0.15) is 0 Å². The fourth-order valence-corrected chi connectivity index (χ4v) is 3.88. The smallest absolute Gasteiger partial charge is 0.0597 e. The maximum Gasteiger partial charge on any atom is 0.0597 e. The molecule has 1 aromatic carbocycles. The molecule has 1 aliphatic carbocycles. The van der Waals surface area contributed by atoms with Crippen molar-refractivity contribution < 1.29 is 0 Å². The van der Waals surface area contributed by atoms with Crippen LogP contribution in [-0.2, 0) is 6.42 Å². The molecule has 0 spiro atoms. The molecular weight excluding hydrogens is 312 g/mol. The van der Waals surface area contributed by atoms with E-state index in [0.717, 1.165) is 17.3 Å². The highest BCUT2D eigenvalue weighted by Crippen LogP contribution is 2.42. The van der Waals surface area contributed by atoms with Crippen LogP contribution in [0.3, 0.4) is 0 Å². The van der Waals surface area contributed by atoms with Gasteiger partial charge in [-0.1, -0.05) is 26.0 Å². The van der Waals surface area contributed by atoms with Crippen LogP contribution >= 0.6 is 15.9 Å². The molecule has 1 atom stereocenters. The molecule has 1 aromatic heterocycles. The van der Waals surface area contributed by atoms with Crippen molar-refractivity contribution in [2.45, 2.75) is 39.7 Å². The maximum atomic E-state index is 6.40. The molecular formula is C17H21BrN2. The largest absolute Gasteiger partial charge is 0.324 e. The summed E-state index contributed by atoms with van der Waals surface area (Å²) in [6, 6.07) is 10.8. The number of nitrogens with two attached hydrogens (primary N) is 1. The van der Waals surface area contributed by atoms with Gasteiger partial charge in [-0.3, -0.25) is 0 Å². The first-order valence-corrected chi connectivity index (χ1v) is 7.90. The Morgan fingerprint density at radius 3 is 2.70 bits per heavy atom. The number of aryl methyl sites for hydroxylation is 1. The predicted molar refractivity (Wildman–Crippen MR) is 87.2 cm³/mol. The van der Waals surface area contributed by atoms with E-state index >= 15 is 0 Å². The first-order chi connectivity index (χ1) is 9.39. The minimum Gasteiger partial charge on any atom is -0.324 e. The van der Waals surface area contributed by atoms with E-state index in [0.29, 0.717) is 0 Å². The zero-order valence-electron chi connectivity index (χ0n) is 12.3. The third kappa shape index (κ3) is 2.23. The van der Waals surface area contributed by atoms with E-state index in [9.17, 15) is 0 Å². The zero-order chi connectivity index (χ0) is 14.5. The Hall–Kier alpha value is -1.06. The Bertz CT molecular complexity index is 655. The molecule has 2 N–H and O–H groups in total. The number of hydrogen-bond donors (Lipinski definition) is 1. The van der Waals surface area contributed by atoms with E-state index in [1.54, 1.807) is 0 Å². The summed E-state index contributed by atoms with van der Waals surface area (Å²) in [5, 5.41) is 0. The van der Waals surface area contributed by atoms with Crippen LogP contribution in [0.5, 0.6) is 0 Å². The number of fused-ring (bicyclic) bond motifs is 1. The van der Waals surface area contributed by atoms with Crippen LogP contribution in [0.1, 0.15) is 43.3 Å². The summed E-state index contributed by atoms with van der Waals surface area (Å²) >= 11 is 3.67. The normalized spacial score (nSPS) is 20.8. The highest BCUT2D eigenvalue weighted by Gasteiger charge is 2.33. The van der Waals surface area contributed by atoms with Crippen LogP contribution in [0.4, 0.5) is 0 Å². The highest BCUT2D eigenvalue weighted by atomic mass is 79.9. The third-order valence-corrected chi connectivity index (χ3v) is 4.90. The van der Waals surface area contributed by atoms with E-state index in [1.807, 2.05) is 0 Å². The van der Waals surface area contributed by atoms with Gasteiger partial charge in [-0.25, -0.2) is 0 Å². The predicted octanol–water partition coefficient (Wildman–Crippen LogP) is 4.52. The van der Waals surface area contributed by atoms with Crippen molar-refractivity contribution in [3.63, 3.8) is 0 Å². The lowest BCUT2D eigenvalue weighted by atomic mass is 9.74. The molecule has 0 saturated heterocycles. The molecule has 0 amide bonds. The summed E-state index contributed by atoms with van der Waals surface area (Å²) in [4.78, 5) is 0. The first kappa shape index (κ1) is 13.9. The van der Waals surface area contributed by atoms with Crippen LogP contribution in [0.2, 0.25) is 0 Å². The zero-order valence-corrected chi connectivity index (χ0v) is 13.9. The molecule has 1 aliphatic rings. The van der Waals surface area contributed by atoms with Gasteiger partial charge >= 0.3 is 0 Å². The Labute approximate surface area is 129 Å². The molecule has 0 saturated carbocycles. The van der Waals surface area contributed by atoms with Gasteiger partial charge < -0.3 is 10.3 Å². The Morgan fingerprint density at radius 1 is 1.30 bits per heavy atom. The summed E-state index contributed by atoms with van der Waals surface area (Å²) in [6.45, 7) is 6.78. The lowest BCUT2D eigenvalue weighted by Gasteiger charge is -2.34. The second-order valence-corrected chi connectivity index (χ2v) is 7.48. The number of nitrogens with zero attached hydrogens (tertiary/aromatic N) is 1. The second-order valence-electron chi connectivity index (χ2n) is 6.63. The second kappa shape index (κ2) is 4.74. The van der Waals surface area contributed by atoms with Gasteiger partial charge in [-0.05, 0) is 64.9 Å². The molecule has 1 unspecified atom stereocenters. The van der Waals surface area contributed by atoms with Crippen molar-refractivity contribution in [2.24, 2.45) is 11.1 Å². The van der Waals surface area contributed by atoms with Crippen LogP contribution < -0.4 is 5.73 Å². The average Bonchev–Trinajstić information content (AvgIpc) is 2.66. The van der Waals surface area contributed by atoms with Crippen molar-refractivity contribution in [3.05, 3.63) is 51.8 Å². The van der Waals surface area contributed by atoms with E-state index in [1.165, 1.54) is 22.6 Å². The fourth-order valence-electron chi connectivity index (χ4n) is 3.42. The van der Waals surface area contributed by atoms with Gasteiger partial charge in [0.05, 0.1) is 5.69 Å². The highest BCUT2D eigenvalue weighted by molar-refractivity contribution is 9.10. The summed E-state index contributed by atoms with van der Waals surface area (Å²) in [6.07, 6.45) is 2.13. The Kier molecular flexibility index (Phi) is 3.30. The molecule has 0 bridgehead atoms. The average molecular weight is 333 g/mol. The Morgan fingerprint density at radius 2 is 2.00 bits per heavy atom. The van der Waals surface area contributed by atoms with Crippen molar-refractivity contribution in [3.8, 4) is 5.69 Å². The molecule has 2 nitrogen and oxygen atoms in total. The van der Waals surface area contributed by atoms with Gasteiger partial charge in [0.15, 0.2) is 0 Å².